The van der Waals surface area contributed by atoms with E-state index in [2.05, 4.69) is 20.1 Å². The third-order valence-corrected chi connectivity index (χ3v) is 3.33. The van der Waals surface area contributed by atoms with Crippen LogP contribution in [0, 0.1) is 5.82 Å². The highest BCUT2D eigenvalue weighted by Crippen LogP contribution is 2.15. The molecule has 0 N–H and O–H groups in total. The van der Waals surface area contributed by atoms with E-state index in [-0.39, 0.29) is 24.7 Å². The lowest BCUT2D eigenvalue weighted by Gasteiger charge is -2.08. The summed E-state index contributed by atoms with van der Waals surface area (Å²) in [6.07, 6.45) is 4.35. The van der Waals surface area contributed by atoms with Crippen molar-refractivity contribution in [1.82, 2.24) is 24.7 Å². The minimum absolute atomic E-state index is 0.0532. The lowest BCUT2D eigenvalue weighted by atomic mass is 10.2. The molecule has 0 amide bonds. The fourth-order valence-electron chi connectivity index (χ4n) is 2.14. The molecule has 0 bridgehead atoms. The van der Waals surface area contributed by atoms with Crippen molar-refractivity contribution in [3.63, 3.8) is 0 Å². The lowest BCUT2D eigenvalue weighted by Crippen LogP contribution is -2.23. The van der Waals surface area contributed by atoms with E-state index < -0.39 is 12.0 Å². The Balaban J connectivity index is 1.81. The highest BCUT2D eigenvalue weighted by molar-refractivity contribution is 5.55. The number of rotatable bonds is 6. The standard InChI is InChI=1S/C17H15F2N5O2/c1-11(18)10-26-17-21-6-13(7-22-17)15-2-3-16(25)24(23-15)9-12-4-14(19)8-20-5-12/h2-8,11H,9-10H2,1H3. The van der Waals surface area contributed by atoms with Gasteiger partial charge in [-0.25, -0.2) is 23.4 Å². The first-order valence-electron chi connectivity index (χ1n) is 7.78. The van der Waals surface area contributed by atoms with E-state index in [0.717, 1.165) is 6.20 Å². The Bertz CT molecular complexity index is 944. The molecule has 3 aromatic rings. The number of hydrogen-bond acceptors (Lipinski definition) is 6. The van der Waals surface area contributed by atoms with Gasteiger partial charge in [-0.2, -0.15) is 5.10 Å². The number of pyridine rings is 1. The Hall–Kier alpha value is -3.23. The molecule has 0 radical (unpaired) electrons. The molecule has 0 aliphatic carbocycles. The highest BCUT2D eigenvalue weighted by Gasteiger charge is 2.08. The van der Waals surface area contributed by atoms with Gasteiger partial charge in [-0.05, 0) is 24.6 Å². The smallest absolute Gasteiger partial charge is 0.316 e. The van der Waals surface area contributed by atoms with Crippen LogP contribution in [0.1, 0.15) is 12.5 Å². The molecule has 1 unspecified atom stereocenters. The summed E-state index contributed by atoms with van der Waals surface area (Å²) in [5, 5.41) is 4.24. The highest BCUT2D eigenvalue weighted by atomic mass is 19.1. The van der Waals surface area contributed by atoms with Gasteiger partial charge in [0, 0.05) is 30.2 Å². The van der Waals surface area contributed by atoms with Gasteiger partial charge >= 0.3 is 6.01 Å². The second-order valence-corrected chi connectivity index (χ2v) is 5.57. The van der Waals surface area contributed by atoms with Crippen LogP contribution in [0.2, 0.25) is 0 Å². The average molecular weight is 359 g/mol. The molecule has 134 valence electrons. The zero-order chi connectivity index (χ0) is 18.5. The largest absolute Gasteiger partial charge is 0.460 e. The summed E-state index contributed by atoms with van der Waals surface area (Å²) in [5.41, 5.74) is 1.18. The van der Waals surface area contributed by atoms with Crippen molar-refractivity contribution in [3.8, 4) is 17.3 Å². The van der Waals surface area contributed by atoms with Gasteiger partial charge in [0.2, 0.25) is 0 Å². The average Bonchev–Trinajstić information content (AvgIpc) is 2.62. The van der Waals surface area contributed by atoms with Gasteiger partial charge in [-0.3, -0.25) is 9.78 Å². The van der Waals surface area contributed by atoms with Crippen LogP contribution in [0.5, 0.6) is 6.01 Å². The minimum atomic E-state index is -1.12. The third-order valence-electron chi connectivity index (χ3n) is 3.33. The van der Waals surface area contributed by atoms with Crippen LogP contribution in [0.4, 0.5) is 8.78 Å². The number of hydrogen-bond donors (Lipinski definition) is 0. The molecule has 0 aliphatic heterocycles. The van der Waals surface area contributed by atoms with Crippen LogP contribution >= 0.6 is 0 Å². The fourth-order valence-corrected chi connectivity index (χ4v) is 2.14. The van der Waals surface area contributed by atoms with Crippen molar-refractivity contribution in [2.45, 2.75) is 19.6 Å². The van der Waals surface area contributed by atoms with Crippen molar-refractivity contribution < 1.29 is 13.5 Å². The molecule has 9 heteroatoms. The molecule has 0 saturated carbocycles. The van der Waals surface area contributed by atoms with Crippen molar-refractivity contribution in [2.75, 3.05) is 6.61 Å². The van der Waals surface area contributed by atoms with E-state index in [0.29, 0.717) is 16.8 Å². The van der Waals surface area contributed by atoms with Crippen LogP contribution < -0.4 is 10.3 Å². The molecule has 1 atom stereocenters. The minimum Gasteiger partial charge on any atom is -0.460 e. The number of alkyl halides is 1. The van der Waals surface area contributed by atoms with Crippen molar-refractivity contribution >= 4 is 0 Å². The monoisotopic (exact) mass is 359 g/mol. The van der Waals surface area contributed by atoms with E-state index >= 15 is 0 Å². The number of ether oxygens (including phenoxy) is 1. The van der Waals surface area contributed by atoms with Crippen molar-refractivity contribution in [3.05, 3.63) is 64.7 Å². The first kappa shape index (κ1) is 17.6. The fraction of sp³-hybridized carbons (Fsp3) is 0.235. The zero-order valence-corrected chi connectivity index (χ0v) is 13.8. The van der Waals surface area contributed by atoms with E-state index in [4.69, 9.17) is 4.74 Å². The molecular weight excluding hydrogens is 344 g/mol. The first-order chi connectivity index (χ1) is 12.5. The summed E-state index contributed by atoms with van der Waals surface area (Å²) in [6, 6.07) is 4.22. The molecule has 0 spiro atoms. The Morgan fingerprint density at radius 3 is 2.65 bits per heavy atom. The van der Waals surface area contributed by atoms with Gasteiger partial charge in [-0.15, -0.1) is 0 Å². The topological polar surface area (TPSA) is 82.8 Å². The quantitative estimate of drug-likeness (QED) is 0.670. The van der Waals surface area contributed by atoms with E-state index in [1.807, 2.05) is 0 Å². The summed E-state index contributed by atoms with van der Waals surface area (Å²) >= 11 is 0. The molecular formula is C17H15F2N5O2. The van der Waals surface area contributed by atoms with Crippen molar-refractivity contribution in [1.29, 1.82) is 0 Å². The summed E-state index contributed by atoms with van der Waals surface area (Å²) in [4.78, 5) is 23.7. The summed E-state index contributed by atoms with van der Waals surface area (Å²) in [5.74, 6) is -0.488. The molecule has 3 aromatic heterocycles. The van der Waals surface area contributed by atoms with E-state index in [1.165, 1.54) is 48.4 Å². The molecule has 3 rings (SSSR count). The van der Waals surface area contributed by atoms with Gasteiger partial charge in [0.15, 0.2) is 0 Å². The second kappa shape index (κ2) is 7.77. The summed E-state index contributed by atoms with van der Waals surface area (Å²) < 4.78 is 32.3. The lowest BCUT2D eigenvalue weighted by molar-refractivity contribution is 0.197. The van der Waals surface area contributed by atoms with Gasteiger partial charge in [0.1, 0.15) is 18.6 Å². The maximum atomic E-state index is 13.2. The third kappa shape index (κ3) is 4.44. The zero-order valence-electron chi connectivity index (χ0n) is 13.8. The summed E-state index contributed by atoms with van der Waals surface area (Å²) in [7, 11) is 0. The van der Waals surface area contributed by atoms with Gasteiger partial charge in [-0.1, -0.05) is 0 Å². The molecule has 3 heterocycles. The van der Waals surface area contributed by atoms with Crippen LogP contribution in [0.25, 0.3) is 11.3 Å². The number of halogens is 2. The SMILES string of the molecule is CC(F)COc1ncc(-c2ccc(=O)n(Cc3cncc(F)c3)n2)cn1. The predicted molar refractivity (Wildman–Crippen MR) is 88.9 cm³/mol. The predicted octanol–water partition coefficient (Wildman–Crippen LogP) is 2.02. The summed E-state index contributed by atoms with van der Waals surface area (Å²) in [6.45, 7) is 1.31. The Morgan fingerprint density at radius 2 is 1.96 bits per heavy atom. The normalized spacial score (nSPS) is 12.0. The van der Waals surface area contributed by atoms with Gasteiger partial charge in [0.05, 0.1) is 18.4 Å². The van der Waals surface area contributed by atoms with E-state index in [1.54, 1.807) is 0 Å². The van der Waals surface area contributed by atoms with Gasteiger partial charge < -0.3 is 4.74 Å². The maximum absolute atomic E-state index is 13.2. The molecule has 0 saturated heterocycles. The maximum Gasteiger partial charge on any atom is 0.316 e. The molecule has 7 nitrogen and oxygen atoms in total. The van der Waals surface area contributed by atoms with Crippen LogP contribution in [0.3, 0.4) is 0 Å². The van der Waals surface area contributed by atoms with Crippen LogP contribution in [-0.4, -0.2) is 37.5 Å². The Morgan fingerprint density at radius 1 is 1.19 bits per heavy atom. The molecule has 0 aromatic carbocycles. The van der Waals surface area contributed by atoms with Crippen LogP contribution in [0.15, 0.2) is 47.8 Å². The van der Waals surface area contributed by atoms with Gasteiger partial charge in [0.25, 0.3) is 5.56 Å². The number of nitrogens with zero attached hydrogens (tertiary/aromatic N) is 5. The Labute approximate surface area is 147 Å². The number of aromatic nitrogens is 5. The Kier molecular flexibility index (Phi) is 5.26. The first-order valence-corrected chi connectivity index (χ1v) is 7.78. The van der Waals surface area contributed by atoms with Crippen LogP contribution in [-0.2, 0) is 6.54 Å². The molecule has 26 heavy (non-hydrogen) atoms. The van der Waals surface area contributed by atoms with E-state index in [9.17, 15) is 13.6 Å². The molecule has 0 aliphatic rings. The molecule has 0 fully saturated rings. The van der Waals surface area contributed by atoms with Crippen molar-refractivity contribution in [2.24, 2.45) is 0 Å². The second-order valence-electron chi connectivity index (χ2n) is 5.57.